The third-order valence-electron chi connectivity index (χ3n) is 2.41. The number of nitrogens with zero attached hydrogens (tertiary/aromatic N) is 2. The maximum Gasteiger partial charge on any atom is 0.187 e. The molecule has 0 bridgehead atoms. The Hall–Kier alpha value is -2.54. The van der Waals surface area contributed by atoms with E-state index < -0.39 is 0 Å². The molecule has 1 aromatic carbocycles. The molecule has 0 unspecified atom stereocenters. The Labute approximate surface area is 105 Å². The molecule has 0 radical (unpaired) electrons. The molecule has 4 heteroatoms. The van der Waals surface area contributed by atoms with Crippen molar-refractivity contribution in [3.63, 3.8) is 0 Å². The highest BCUT2D eigenvalue weighted by molar-refractivity contribution is 5.44. The van der Waals surface area contributed by atoms with E-state index in [1.54, 1.807) is 6.07 Å². The predicted octanol–water partition coefficient (Wildman–Crippen LogP) is 3.06. The first kappa shape index (κ1) is 11.9. The molecule has 0 N–H and O–H groups in total. The topological polar surface area (TPSA) is 55.1 Å². The Morgan fingerprint density at radius 3 is 2.50 bits per heavy atom. The van der Waals surface area contributed by atoms with Crippen LogP contribution in [0.3, 0.4) is 0 Å². The van der Waals surface area contributed by atoms with Gasteiger partial charge in [-0.15, -0.1) is 0 Å². The van der Waals surface area contributed by atoms with Crippen LogP contribution >= 0.6 is 0 Å². The number of ether oxygens (including phenoxy) is 2. The SMILES string of the molecule is COc1cc(C#N)ncc1Oc1ccc(C)cc1. The average Bonchev–Trinajstić information content (AvgIpc) is 2.41. The molecule has 1 heterocycles. The van der Waals surface area contributed by atoms with E-state index >= 15 is 0 Å². The number of aryl methyl sites for hydroxylation is 1. The summed E-state index contributed by atoms with van der Waals surface area (Å²) in [5.74, 6) is 1.67. The molecule has 0 fully saturated rings. The van der Waals surface area contributed by atoms with E-state index in [1.807, 2.05) is 37.3 Å². The molecule has 0 aliphatic heterocycles. The molecular formula is C14H12N2O2. The Bertz CT molecular complexity index is 586. The van der Waals surface area contributed by atoms with Crippen LogP contribution in [0.5, 0.6) is 17.2 Å². The Morgan fingerprint density at radius 2 is 1.89 bits per heavy atom. The van der Waals surface area contributed by atoms with Crippen molar-refractivity contribution in [2.75, 3.05) is 7.11 Å². The van der Waals surface area contributed by atoms with Crippen molar-refractivity contribution in [3.8, 4) is 23.3 Å². The second-order valence-corrected chi connectivity index (χ2v) is 3.75. The van der Waals surface area contributed by atoms with Gasteiger partial charge in [0.05, 0.1) is 13.3 Å². The van der Waals surface area contributed by atoms with Gasteiger partial charge >= 0.3 is 0 Å². The van der Waals surface area contributed by atoms with Crippen molar-refractivity contribution in [2.24, 2.45) is 0 Å². The maximum absolute atomic E-state index is 8.76. The molecule has 0 saturated carbocycles. The summed E-state index contributed by atoms with van der Waals surface area (Å²) in [5, 5.41) is 8.76. The number of pyridine rings is 1. The molecule has 0 amide bonds. The van der Waals surface area contributed by atoms with Crippen LogP contribution in [0.1, 0.15) is 11.3 Å². The Morgan fingerprint density at radius 1 is 1.17 bits per heavy atom. The monoisotopic (exact) mass is 240 g/mol. The number of aromatic nitrogens is 1. The quantitative estimate of drug-likeness (QED) is 0.827. The van der Waals surface area contributed by atoms with Crippen LogP contribution < -0.4 is 9.47 Å². The lowest BCUT2D eigenvalue weighted by Gasteiger charge is -2.09. The lowest BCUT2D eigenvalue weighted by atomic mass is 10.2. The number of methoxy groups -OCH3 is 1. The molecular weight excluding hydrogens is 228 g/mol. The summed E-state index contributed by atoms with van der Waals surface area (Å²) in [6.45, 7) is 2.01. The third kappa shape index (κ3) is 2.58. The van der Waals surface area contributed by atoms with Gasteiger partial charge in [0.25, 0.3) is 0 Å². The number of nitriles is 1. The fraction of sp³-hybridized carbons (Fsp3) is 0.143. The van der Waals surface area contributed by atoms with Gasteiger partial charge < -0.3 is 9.47 Å². The van der Waals surface area contributed by atoms with Crippen molar-refractivity contribution in [1.29, 1.82) is 5.26 Å². The molecule has 0 aliphatic carbocycles. The van der Waals surface area contributed by atoms with Crippen LogP contribution in [0.15, 0.2) is 36.5 Å². The number of benzene rings is 1. The minimum Gasteiger partial charge on any atom is -0.493 e. The minimum atomic E-state index is 0.295. The van der Waals surface area contributed by atoms with Gasteiger partial charge in [0.1, 0.15) is 17.5 Å². The molecule has 18 heavy (non-hydrogen) atoms. The van der Waals surface area contributed by atoms with Gasteiger partial charge in [0.2, 0.25) is 0 Å². The van der Waals surface area contributed by atoms with E-state index in [4.69, 9.17) is 14.7 Å². The van der Waals surface area contributed by atoms with Crippen molar-refractivity contribution < 1.29 is 9.47 Å². The van der Waals surface area contributed by atoms with Crippen molar-refractivity contribution in [2.45, 2.75) is 6.92 Å². The smallest absolute Gasteiger partial charge is 0.187 e. The molecule has 4 nitrogen and oxygen atoms in total. The lowest BCUT2D eigenvalue weighted by Crippen LogP contribution is -1.93. The molecule has 1 aromatic heterocycles. The summed E-state index contributed by atoms with van der Waals surface area (Å²) < 4.78 is 10.8. The molecule has 0 atom stereocenters. The van der Waals surface area contributed by atoms with Crippen LogP contribution in [-0.2, 0) is 0 Å². The lowest BCUT2D eigenvalue weighted by molar-refractivity contribution is 0.377. The second kappa shape index (κ2) is 5.19. The number of hydrogen-bond donors (Lipinski definition) is 0. The van der Waals surface area contributed by atoms with Gasteiger partial charge in [-0.25, -0.2) is 4.98 Å². The highest BCUT2D eigenvalue weighted by Crippen LogP contribution is 2.30. The number of hydrogen-bond acceptors (Lipinski definition) is 4. The van der Waals surface area contributed by atoms with Crippen molar-refractivity contribution >= 4 is 0 Å². The average molecular weight is 240 g/mol. The normalized spacial score (nSPS) is 9.61. The second-order valence-electron chi connectivity index (χ2n) is 3.75. The molecule has 2 rings (SSSR count). The third-order valence-corrected chi connectivity index (χ3v) is 2.41. The first-order valence-electron chi connectivity index (χ1n) is 5.41. The van der Waals surface area contributed by atoms with Gasteiger partial charge in [0.15, 0.2) is 11.5 Å². The van der Waals surface area contributed by atoms with Crippen LogP contribution in [0.2, 0.25) is 0 Å². The van der Waals surface area contributed by atoms with Crippen molar-refractivity contribution in [1.82, 2.24) is 4.98 Å². The van der Waals surface area contributed by atoms with Crippen LogP contribution in [0.25, 0.3) is 0 Å². The standard InChI is InChI=1S/C14H12N2O2/c1-10-3-5-12(6-4-10)18-14-9-16-11(8-15)7-13(14)17-2/h3-7,9H,1-2H3. The maximum atomic E-state index is 8.76. The zero-order valence-electron chi connectivity index (χ0n) is 10.2. The first-order chi connectivity index (χ1) is 8.72. The molecule has 0 aliphatic rings. The summed E-state index contributed by atoms with van der Waals surface area (Å²) in [7, 11) is 1.53. The highest BCUT2D eigenvalue weighted by atomic mass is 16.5. The van der Waals surface area contributed by atoms with E-state index in [1.165, 1.54) is 13.3 Å². The predicted molar refractivity (Wildman–Crippen MR) is 66.8 cm³/mol. The zero-order chi connectivity index (χ0) is 13.0. The largest absolute Gasteiger partial charge is 0.493 e. The van der Waals surface area contributed by atoms with E-state index in [0.717, 1.165) is 5.56 Å². The molecule has 0 spiro atoms. The summed E-state index contributed by atoms with van der Waals surface area (Å²) in [6.07, 6.45) is 1.48. The first-order valence-corrected chi connectivity index (χ1v) is 5.41. The van der Waals surface area contributed by atoms with Gasteiger partial charge in [-0.2, -0.15) is 5.26 Å². The Balaban J connectivity index is 2.29. The van der Waals surface area contributed by atoms with Gasteiger partial charge in [-0.05, 0) is 19.1 Å². The summed E-state index contributed by atoms with van der Waals surface area (Å²) in [4.78, 5) is 3.95. The Kier molecular flexibility index (Phi) is 3.44. The van der Waals surface area contributed by atoms with Gasteiger partial charge in [-0.3, -0.25) is 0 Å². The summed E-state index contributed by atoms with van der Waals surface area (Å²) in [6, 6.07) is 11.1. The fourth-order valence-corrected chi connectivity index (χ4v) is 1.45. The van der Waals surface area contributed by atoms with E-state index in [-0.39, 0.29) is 0 Å². The zero-order valence-corrected chi connectivity index (χ0v) is 10.2. The minimum absolute atomic E-state index is 0.295. The summed E-state index contributed by atoms with van der Waals surface area (Å²) >= 11 is 0. The summed E-state index contributed by atoms with van der Waals surface area (Å²) in [5.41, 5.74) is 1.45. The van der Waals surface area contributed by atoms with Crippen LogP contribution in [-0.4, -0.2) is 12.1 Å². The molecule has 2 aromatic rings. The van der Waals surface area contributed by atoms with Crippen molar-refractivity contribution in [3.05, 3.63) is 47.8 Å². The van der Waals surface area contributed by atoms with E-state index in [9.17, 15) is 0 Å². The van der Waals surface area contributed by atoms with Gasteiger partial charge in [-0.1, -0.05) is 17.7 Å². The van der Waals surface area contributed by atoms with E-state index in [0.29, 0.717) is 22.9 Å². The van der Waals surface area contributed by atoms with E-state index in [2.05, 4.69) is 4.98 Å². The van der Waals surface area contributed by atoms with Gasteiger partial charge in [0, 0.05) is 6.07 Å². The van der Waals surface area contributed by atoms with Crippen LogP contribution in [0, 0.1) is 18.3 Å². The fourth-order valence-electron chi connectivity index (χ4n) is 1.45. The highest BCUT2D eigenvalue weighted by Gasteiger charge is 2.07. The number of rotatable bonds is 3. The molecule has 0 saturated heterocycles. The van der Waals surface area contributed by atoms with Crippen LogP contribution in [0.4, 0.5) is 0 Å². The molecule has 90 valence electrons.